The Hall–Kier alpha value is -3.35. The quantitative estimate of drug-likeness (QED) is 0.553. The largest absolute Gasteiger partial charge is 0.489 e. The number of aromatic nitrogens is 3. The molecule has 2 aromatic carbocycles. The van der Waals surface area contributed by atoms with Gasteiger partial charge in [-0.15, -0.1) is 10.2 Å². The molecule has 1 saturated carbocycles. The van der Waals surface area contributed by atoms with E-state index < -0.39 is 0 Å². The summed E-state index contributed by atoms with van der Waals surface area (Å²) in [5, 5.41) is 9.18. The lowest BCUT2D eigenvalue weighted by Gasteiger charge is -2.33. The van der Waals surface area contributed by atoms with Crippen molar-refractivity contribution in [2.45, 2.75) is 37.2 Å². The number of carbonyl (C=O) groups excluding carboxylic acids is 1. The van der Waals surface area contributed by atoms with Gasteiger partial charge in [-0.05, 0) is 30.5 Å². The van der Waals surface area contributed by atoms with E-state index in [1.165, 1.54) is 12.7 Å². The van der Waals surface area contributed by atoms with Gasteiger partial charge < -0.3 is 14.4 Å². The molecule has 3 aromatic rings. The van der Waals surface area contributed by atoms with E-state index >= 15 is 0 Å². The fourth-order valence-corrected chi connectivity index (χ4v) is 4.74. The van der Waals surface area contributed by atoms with Crippen molar-refractivity contribution in [1.29, 1.82) is 0 Å². The highest BCUT2D eigenvalue weighted by molar-refractivity contribution is 5.92. The number of ether oxygens (including phenoxy) is 2. The molecule has 0 N–H and O–H groups in total. The molecular weight excluding hydrogens is 404 g/mol. The maximum atomic E-state index is 12.0. The minimum Gasteiger partial charge on any atom is -0.489 e. The molecule has 0 amide bonds. The van der Waals surface area contributed by atoms with Crippen molar-refractivity contribution in [3.63, 3.8) is 0 Å². The van der Waals surface area contributed by atoms with Gasteiger partial charge in [0, 0.05) is 33.0 Å². The first kappa shape index (κ1) is 20.5. The van der Waals surface area contributed by atoms with Crippen LogP contribution in [0, 0.1) is 0 Å². The van der Waals surface area contributed by atoms with E-state index in [1.54, 1.807) is 6.07 Å². The molecule has 0 bridgehead atoms. The summed E-state index contributed by atoms with van der Waals surface area (Å²) < 4.78 is 13.2. The lowest BCUT2D eigenvalue weighted by molar-refractivity contribution is 0.0591. The van der Waals surface area contributed by atoms with E-state index in [0.717, 1.165) is 50.5 Å². The van der Waals surface area contributed by atoms with Gasteiger partial charge >= 0.3 is 5.97 Å². The molecule has 166 valence electrons. The van der Waals surface area contributed by atoms with Crippen molar-refractivity contribution in [2.24, 2.45) is 7.05 Å². The van der Waals surface area contributed by atoms with E-state index in [1.807, 2.05) is 18.2 Å². The summed E-state index contributed by atoms with van der Waals surface area (Å²) in [6.45, 7) is 1.66. The number of esters is 1. The van der Waals surface area contributed by atoms with Crippen LogP contribution in [-0.2, 0) is 17.2 Å². The highest BCUT2D eigenvalue weighted by Gasteiger charge is 2.50. The summed E-state index contributed by atoms with van der Waals surface area (Å²) in [7, 11) is 3.46. The van der Waals surface area contributed by atoms with Crippen LogP contribution in [0.5, 0.6) is 5.75 Å². The van der Waals surface area contributed by atoms with Crippen molar-refractivity contribution in [3.8, 4) is 5.75 Å². The highest BCUT2D eigenvalue weighted by Crippen LogP contribution is 2.53. The normalized spacial score (nSPS) is 17.8. The smallest absolute Gasteiger partial charge is 0.341 e. The molecule has 0 spiro atoms. The van der Waals surface area contributed by atoms with Crippen molar-refractivity contribution < 1.29 is 14.3 Å². The highest BCUT2D eigenvalue weighted by atomic mass is 16.5. The molecule has 2 aliphatic rings. The summed E-state index contributed by atoms with van der Waals surface area (Å²) in [6, 6.07) is 17.9. The molecule has 1 aliphatic heterocycles. The second-order valence-corrected chi connectivity index (χ2v) is 8.62. The average molecular weight is 433 g/mol. The monoisotopic (exact) mass is 432 g/mol. The summed E-state index contributed by atoms with van der Waals surface area (Å²) in [5.41, 5.74) is 1.78. The topological polar surface area (TPSA) is 69.5 Å². The zero-order chi connectivity index (χ0) is 22.1. The number of hydrogen-bond acceptors (Lipinski definition) is 6. The van der Waals surface area contributed by atoms with E-state index in [2.05, 4.69) is 57.0 Å². The fourth-order valence-electron chi connectivity index (χ4n) is 4.74. The summed E-state index contributed by atoms with van der Waals surface area (Å²) in [6.07, 6.45) is 3.96. The molecule has 0 atom stereocenters. The van der Waals surface area contributed by atoms with Crippen molar-refractivity contribution in [1.82, 2.24) is 14.8 Å². The first-order chi connectivity index (χ1) is 15.6. The summed E-state index contributed by atoms with van der Waals surface area (Å²) in [5.74, 6) is 2.16. The van der Waals surface area contributed by atoms with Crippen molar-refractivity contribution >= 4 is 11.9 Å². The third-order valence-corrected chi connectivity index (χ3v) is 6.67. The Bertz CT molecular complexity index is 1100. The van der Waals surface area contributed by atoms with Crippen LogP contribution in [0.3, 0.4) is 0 Å². The maximum Gasteiger partial charge on any atom is 0.341 e. The number of anilines is 1. The number of piperidine rings is 1. The van der Waals surface area contributed by atoms with Gasteiger partial charge in [0.05, 0.1) is 12.5 Å². The molecule has 2 fully saturated rings. The van der Waals surface area contributed by atoms with Gasteiger partial charge in [-0.1, -0.05) is 42.5 Å². The second-order valence-electron chi connectivity index (χ2n) is 8.62. The zero-order valence-corrected chi connectivity index (χ0v) is 18.5. The Balaban J connectivity index is 1.27. The third kappa shape index (κ3) is 3.61. The number of methoxy groups -OCH3 is 1. The number of hydrogen-bond donors (Lipinski definition) is 0. The molecule has 7 nitrogen and oxygen atoms in total. The van der Waals surface area contributed by atoms with Crippen LogP contribution in [0.2, 0.25) is 0 Å². The van der Waals surface area contributed by atoms with Crippen LogP contribution >= 0.6 is 0 Å². The molecule has 1 aromatic heterocycles. The Kier molecular flexibility index (Phi) is 5.33. The predicted octanol–water partition coefficient (Wildman–Crippen LogP) is 3.73. The molecule has 0 radical (unpaired) electrons. The Morgan fingerprint density at radius 3 is 2.38 bits per heavy atom. The molecule has 32 heavy (non-hydrogen) atoms. The number of carbonyl (C=O) groups is 1. The van der Waals surface area contributed by atoms with E-state index in [-0.39, 0.29) is 17.5 Å². The van der Waals surface area contributed by atoms with Crippen LogP contribution in [0.1, 0.15) is 47.4 Å². The van der Waals surface area contributed by atoms with Gasteiger partial charge in [-0.25, -0.2) is 4.79 Å². The standard InChI is InChI=1S/C25H28N4O3/c1-28-23(25(14-15-25)18-8-4-3-5-9-18)26-27-24(28)29-16-12-19(13-17-29)32-21-11-7-6-10-20(21)22(30)31-2/h3-11,19H,12-17H2,1-2H3. The summed E-state index contributed by atoms with van der Waals surface area (Å²) in [4.78, 5) is 14.3. The number of rotatable bonds is 6. The average Bonchev–Trinajstić information content (AvgIpc) is 3.56. The van der Waals surface area contributed by atoms with Crippen LogP contribution < -0.4 is 9.64 Å². The molecule has 1 aliphatic carbocycles. The predicted molar refractivity (Wildman–Crippen MR) is 121 cm³/mol. The van der Waals surface area contributed by atoms with Crippen LogP contribution in [0.15, 0.2) is 54.6 Å². The maximum absolute atomic E-state index is 12.0. The van der Waals surface area contributed by atoms with Crippen LogP contribution in [0.25, 0.3) is 0 Å². The lowest BCUT2D eigenvalue weighted by atomic mass is 9.95. The molecular formula is C25H28N4O3. The van der Waals surface area contributed by atoms with Gasteiger partial charge in [0.25, 0.3) is 0 Å². The van der Waals surface area contributed by atoms with Gasteiger partial charge in [-0.2, -0.15) is 0 Å². The van der Waals surface area contributed by atoms with E-state index in [0.29, 0.717) is 11.3 Å². The SMILES string of the molecule is COC(=O)c1ccccc1OC1CCN(c2nnc(C3(c4ccccc4)CC3)n2C)CC1. The van der Waals surface area contributed by atoms with Gasteiger partial charge in [0.15, 0.2) is 0 Å². The van der Waals surface area contributed by atoms with Crippen molar-refractivity contribution in [2.75, 3.05) is 25.1 Å². The Labute approximate surface area is 188 Å². The zero-order valence-electron chi connectivity index (χ0n) is 18.5. The number of benzene rings is 2. The summed E-state index contributed by atoms with van der Waals surface area (Å²) >= 11 is 0. The second kappa shape index (κ2) is 8.30. The molecule has 7 heteroatoms. The van der Waals surface area contributed by atoms with Crippen LogP contribution in [0.4, 0.5) is 5.95 Å². The number of para-hydroxylation sites is 1. The molecule has 5 rings (SSSR count). The van der Waals surface area contributed by atoms with E-state index in [9.17, 15) is 4.79 Å². The van der Waals surface area contributed by atoms with Gasteiger partial charge in [0.2, 0.25) is 5.95 Å². The van der Waals surface area contributed by atoms with Gasteiger partial charge in [0.1, 0.15) is 23.2 Å². The van der Waals surface area contributed by atoms with Crippen LogP contribution in [-0.4, -0.2) is 47.0 Å². The van der Waals surface area contributed by atoms with Gasteiger partial charge in [-0.3, -0.25) is 4.57 Å². The molecule has 0 unspecified atom stereocenters. The Morgan fingerprint density at radius 1 is 1.00 bits per heavy atom. The van der Waals surface area contributed by atoms with Crippen molar-refractivity contribution in [3.05, 3.63) is 71.5 Å². The lowest BCUT2D eigenvalue weighted by Crippen LogP contribution is -2.39. The minimum absolute atomic E-state index is 0.000287. The third-order valence-electron chi connectivity index (χ3n) is 6.67. The molecule has 2 heterocycles. The Morgan fingerprint density at radius 2 is 1.69 bits per heavy atom. The minimum atomic E-state index is -0.378. The van der Waals surface area contributed by atoms with E-state index in [4.69, 9.17) is 9.47 Å². The number of nitrogens with zero attached hydrogens (tertiary/aromatic N) is 4. The first-order valence-electron chi connectivity index (χ1n) is 11.2. The first-order valence-corrected chi connectivity index (χ1v) is 11.2. The molecule has 1 saturated heterocycles. The fraction of sp³-hybridized carbons (Fsp3) is 0.400.